The molecule has 3 rings (SSSR count). The van der Waals surface area contributed by atoms with Crippen molar-refractivity contribution < 1.29 is 27.8 Å². The van der Waals surface area contributed by atoms with E-state index in [2.05, 4.69) is 15.0 Å². The Kier molecular flexibility index (Phi) is 7.06. The van der Waals surface area contributed by atoms with Crippen molar-refractivity contribution in [2.24, 2.45) is 4.99 Å². The highest BCUT2D eigenvalue weighted by atomic mass is 32.2. The Morgan fingerprint density at radius 3 is 2.90 bits per heavy atom. The van der Waals surface area contributed by atoms with Crippen LogP contribution in [0.5, 0.6) is 5.75 Å². The first-order valence-corrected chi connectivity index (χ1v) is 11.3. The highest BCUT2D eigenvalue weighted by Gasteiger charge is 2.47. The van der Waals surface area contributed by atoms with Gasteiger partial charge in [-0.2, -0.15) is 0 Å². The fraction of sp³-hybridized carbons (Fsp3) is 0.526. The van der Waals surface area contributed by atoms with Gasteiger partial charge in [-0.05, 0) is 37.5 Å². The van der Waals surface area contributed by atoms with Crippen LogP contribution in [0.1, 0.15) is 25.3 Å². The topological polar surface area (TPSA) is 150 Å². The molecule has 0 aromatic heterocycles. The van der Waals surface area contributed by atoms with Crippen LogP contribution < -0.4 is 14.8 Å². The molecule has 0 amide bonds. The number of rotatable bonds is 10. The minimum absolute atomic E-state index is 0.00148. The zero-order chi connectivity index (χ0) is 21.7. The maximum atomic E-state index is 12.1. The molecular formula is C19H26N4O6S. The summed E-state index contributed by atoms with van der Waals surface area (Å²) < 4.78 is 36.5. The van der Waals surface area contributed by atoms with Gasteiger partial charge in [0.05, 0.1) is 13.2 Å². The molecule has 1 heterocycles. The average molecular weight is 439 g/mol. The molecule has 1 aliphatic heterocycles. The van der Waals surface area contributed by atoms with Crippen molar-refractivity contribution in [3.63, 3.8) is 0 Å². The summed E-state index contributed by atoms with van der Waals surface area (Å²) in [6.07, 6.45) is 1.39. The molecule has 4 N–H and O–H groups in total. The molecule has 164 valence electrons. The second-order valence-corrected chi connectivity index (χ2v) is 8.92. The molecule has 2 fully saturated rings. The third-order valence-electron chi connectivity index (χ3n) is 4.54. The molecule has 0 radical (unpaired) electrons. The van der Waals surface area contributed by atoms with Gasteiger partial charge in [0.25, 0.3) is 10.0 Å². The Labute approximate surface area is 175 Å². The highest BCUT2D eigenvalue weighted by Crippen LogP contribution is 2.20. The van der Waals surface area contributed by atoms with E-state index in [1.807, 2.05) is 18.2 Å². The number of ether oxygens (including phenoxy) is 2. The summed E-state index contributed by atoms with van der Waals surface area (Å²) in [5, 5.41) is 19.7. The van der Waals surface area contributed by atoms with E-state index in [1.165, 1.54) is 12.8 Å². The number of benzene rings is 1. The average Bonchev–Trinajstić information content (AvgIpc) is 3.49. The number of nitrogens with one attached hydrogen (secondary N) is 3. The van der Waals surface area contributed by atoms with Crippen LogP contribution in [0.3, 0.4) is 0 Å². The standard InChI is InChI=1S/C19H26N4O6S/c1-2-28-19(25)17-16(20)18(23-30(17,26)27)22-10-14(24)11-29-15-5-3-4-12(8-15)9-21-13-6-7-13/h3-5,8,13-14,17,20-21,24H,2,6-7,9-11H2,1H3,(H,22,23). The summed E-state index contributed by atoms with van der Waals surface area (Å²) in [7, 11) is -4.12. The van der Waals surface area contributed by atoms with E-state index in [0.717, 1.165) is 12.1 Å². The van der Waals surface area contributed by atoms with Gasteiger partial charge in [-0.3, -0.25) is 19.9 Å². The number of sulfonamides is 1. The second-order valence-electron chi connectivity index (χ2n) is 7.15. The van der Waals surface area contributed by atoms with Crippen LogP contribution in [0.4, 0.5) is 0 Å². The Morgan fingerprint density at radius 1 is 1.43 bits per heavy atom. The lowest BCUT2D eigenvalue weighted by Gasteiger charge is -2.12. The maximum Gasteiger partial charge on any atom is 0.332 e. The molecule has 2 unspecified atom stereocenters. The molecule has 0 bridgehead atoms. The van der Waals surface area contributed by atoms with Gasteiger partial charge in [-0.25, -0.2) is 8.42 Å². The number of aliphatic hydroxyl groups is 1. The summed E-state index contributed by atoms with van der Waals surface area (Å²) >= 11 is 0. The third-order valence-corrected chi connectivity index (χ3v) is 6.07. The molecule has 30 heavy (non-hydrogen) atoms. The van der Waals surface area contributed by atoms with Gasteiger partial charge in [0, 0.05) is 12.6 Å². The number of hydrogen-bond donors (Lipinski definition) is 4. The quantitative estimate of drug-likeness (QED) is 0.374. The van der Waals surface area contributed by atoms with E-state index < -0.39 is 33.1 Å². The fourth-order valence-electron chi connectivity index (χ4n) is 2.84. The van der Waals surface area contributed by atoms with Crippen molar-refractivity contribution in [3.05, 3.63) is 29.8 Å². The number of aliphatic imine (C=N–C) groups is 1. The predicted octanol–water partition coefficient (Wildman–Crippen LogP) is -0.0387. The number of nitrogens with zero attached hydrogens (tertiary/aromatic N) is 1. The molecule has 2 aliphatic rings. The number of amidine groups is 1. The Bertz CT molecular complexity index is 929. The predicted molar refractivity (Wildman–Crippen MR) is 110 cm³/mol. The van der Waals surface area contributed by atoms with Crippen LogP contribution in [0.2, 0.25) is 0 Å². The number of hydrogen-bond acceptors (Lipinski definition) is 9. The maximum absolute atomic E-state index is 12.1. The molecule has 11 heteroatoms. The molecule has 1 aromatic rings. The van der Waals surface area contributed by atoms with Crippen LogP contribution in [0, 0.1) is 5.41 Å². The van der Waals surface area contributed by atoms with Crippen LogP contribution >= 0.6 is 0 Å². The lowest BCUT2D eigenvalue weighted by atomic mass is 10.2. The molecule has 10 nitrogen and oxygen atoms in total. The minimum atomic E-state index is -4.12. The van der Waals surface area contributed by atoms with Gasteiger partial charge in [-0.15, -0.1) is 0 Å². The van der Waals surface area contributed by atoms with Gasteiger partial charge in [0.2, 0.25) is 5.25 Å². The Hall–Kier alpha value is -2.50. The summed E-state index contributed by atoms with van der Waals surface area (Å²) in [6, 6.07) is 8.13. The molecule has 1 saturated carbocycles. The van der Waals surface area contributed by atoms with Gasteiger partial charge >= 0.3 is 5.97 Å². The van der Waals surface area contributed by atoms with Gasteiger partial charge in [0.1, 0.15) is 24.2 Å². The summed E-state index contributed by atoms with van der Waals surface area (Å²) in [4.78, 5) is 15.8. The Balaban J connectivity index is 1.52. The minimum Gasteiger partial charge on any atom is -0.491 e. The monoisotopic (exact) mass is 438 g/mol. The van der Waals surface area contributed by atoms with E-state index in [-0.39, 0.29) is 25.6 Å². The van der Waals surface area contributed by atoms with Crippen LogP contribution in [-0.4, -0.2) is 68.2 Å². The van der Waals surface area contributed by atoms with Crippen molar-refractivity contribution in [1.29, 1.82) is 5.41 Å². The van der Waals surface area contributed by atoms with Crippen LogP contribution in [0.15, 0.2) is 29.3 Å². The molecule has 1 saturated heterocycles. The first-order chi connectivity index (χ1) is 14.3. The largest absolute Gasteiger partial charge is 0.491 e. The third kappa shape index (κ3) is 5.77. The van der Waals surface area contributed by atoms with Gasteiger partial charge < -0.3 is 19.9 Å². The first-order valence-electron chi connectivity index (χ1n) is 9.75. The van der Waals surface area contributed by atoms with Crippen molar-refractivity contribution in [2.75, 3.05) is 19.8 Å². The highest BCUT2D eigenvalue weighted by molar-refractivity contribution is 7.93. The van der Waals surface area contributed by atoms with Crippen LogP contribution in [-0.2, 0) is 26.1 Å². The van der Waals surface area contributed by atoms with E-state index in [4.69, 9.17) is 14.9 Å². The van der Waals surface area contributed by atoms with Crippen molar-refractivity contribution in [2.45, 2.75) is 43.7 Å². The van der Waals surface area contributed by atoms with Gasteiger partial charge in [-0.1, -0.05) is 12.1 Å². The zero-order valence-electron chi connectivity index (χ0n) is 16.6. The molecule has 1 aliphatic carbocycles. The van der Waals surface area contributed by atoms with Crippen LogP contribution in [0.25, 0.3) is 0 Å². The van der Waals surface area contributed by atoms with Crippen molar-refractivity contribution in [1.82, 2.24) is 10.0 Å². The number of carbonyl (C=O) groups excluding carboxylic acids is 1. The summed E-state index contributed by atoms with van der Waals surface area (Å²) in [5.41, 5.74) is 0.574. The summed E-state index contributed by atoms with van der Waals surface area (Å²) in [5.74, 6) is -0.700. The number of carbonyl (C=O) groups is 1. The number of esters is 1. The van der Waals surface area contributed by atoms with Crippen molar-refractivity contribution in [3.8, 4) is 5.75 Å². The smallest absolute Gasteiger partial charge is 0.332 e. The number of aliphatic hydroxyl groups excluding tert-OH is 1. The SMILES string of the molecule is CCOC(=O)C1C(=N)C(=NCC(O)COc2cccc(CNC3CC3)c2)NS1(=O)=O. The summed E-state index contributed by atoms with van der Waals surface area (Å²) in [6.45, 7) is 2.04. The molecule has 1 aromatic carbocycles. The molecular weight excluding hydrogens is 412 g/mol. The zero-order valence-corrected chi connectivity index (χ0v) is 17.4. The fourth-order valence-corrected chi connectivity index (χ4v) is 4.15. The van der Waals surface area contributed by atoms with Gasteiger partial charge in [0.15, 0.2) is 5.84 Å². The molecule has 0 spiro atoms. The molecule has 2 atom stereocenters. The van der Waals surface area contributed by atoms with E-state index >= 15 is 0 Å². The normalized spacial score (nSPS) is 22.5. The Morgan fingerprint density at radius 2 is 2.20 bits per heavy atom. The second kappa shape index (κ2) is 9.54. The van der Waals surface area contributed by atoms with E-state index in [1.54, 1.807) is 13.0 Å². The lowest BCUT2D eigenvalue weighted by Crippen LogP contribution is -2.35. The first kappa shape index (κ1) is 22.2. The lowest BCUT2D eigenvalue weighted by molar-refractivity contribution is -0.141. The van der Waals surface area contributed by atoms with E-state index in [9.17, 15) is 18.3 Å². The van der Waals surface area contributed by atoms with E-state index in [0.29, 0.717) is 11.8 Å². The van der Waals surface area contributed by atoms with Crippen molar-refractivity contribution >= 4 is 27.5 Å².